The van der Waals surface area contributed by atoms with E-state index in [1.54, 1.807) is 6.07 Å². The molecule has 0 N–H and O–H groups in total. The van der Waals surface area contributed by atoms with Crippen LogP contribution in [0.2, 0.25) is 0 Å². The molecule has 0 unspecified atom stereocenters. The van der Waals surface area contributed by atoms with Gasteiger partial charge in [-0.2, -0.15) is 0 Å². The summed E-state index contributed by atoms with van der Waals surface area (Å²) >= 11 is 0. The Kier molecular flexibility index (Phi) is 3.92. The first kappa shape index (κ1) is 12.6. The zero-order chi connectivity index (χ0) is 13.0. The van der Waals surface area contributed by atoms with Crippen molar-refractivity contribution in [2.75, 3.05) is 6.61 Å². The summed E-state index contributed by atoms with van der Waals surface area (Å²) in [7, 11) is 0. The summed E-state index contributed by atoms with van der Waals surface area (Å²) in [6.45, 7) is 4.65. The maximum Gasteiger partial charge on any atom is 0.356 e. The van der Waals surface area contributed by atoms with Crippen molar-refractivity contribution in [1.29, 1.82) is 0 Å². The number of carbonyl (C=O) groups is 1. The molecule has 0 amide bonds. The smallest absolute Gasteiger partial charge is 0.356 e. The van der Waals surface area contributed by atoms with Gasteiger partial charge in [0, 0.05) is 5.39 Å². The SMILES string of the molecule is CC(C)CCOC(=O)c1ccc2ccccc2n1. The molecule has 0 aliphatic rings. The highest BCUT2D eigenvalue weighted by molar-refractivity contribution is 5.90. The van der Waals surface area contributed by atoms with Gasteiger partial charge in [-0.1, -0.05) is 38.1 Å². The van der Waals surface area contributed by atoms with Crippen LogP contribution in [0.1, 0.15) is 30.8 Å². The molecule has 0 radical (unpaired) electrons. The Balaban J connectivity index is 2.08. The molecule has 0 aliphatic carbocycles. The van der Waals surface area contributed by atoms with E-state index in [-0.39, 0.29) is 5.97 Å². The molecule has 2 rings (SSSR count). The van der Waals surface area contributed by atoms with Crippen LogP contribution in [-0.2, 0) is 4.74 Å². The molecule has 2 aromatic rings. The third-order valence-electron chi connectivity index (χ3n) is 2.74. The lowest BCUT2D eigenvalue weighted by Crippen LogP contribution is -2.09. The van der Waals surface area contributed by atoms with Crippen LogP contribution in [-0.4, -0.2) is 17.6 Å². The van der Waals surface area contributed by atoms with Crippen molar-refractivity contribution in [3.8, 4) is 0 Å². The summed E-state index contributed by atoms with van der Waals surface area (Å²) in [5.41, 5.74) is 1.19. The lowest BCUT2D eigenvalue weighted by atomic mass is 10.1. The molecule has 1 aromatic heterocycles. The standard InChI is InChI=1S/C15H17NO2/c1-11(2)9-10-18-15(17)14-8-7-12-5-3-4-6-13(12)16-14/h3-8,11H,9-10H2,1-2H3. The minimum Gasteiger partial charge on any atom is -0.461 e. The summed E-state index contributed by atoms with van der Waals surface area (Å²) in [6, 6.07) is 11.3. The third-order valence-corrected chi connectivity index (χ3v) is 2.74. The summed E-state index contributed by atoms with van der Waals surface area (Å²) in [4.78, 5) is 16.1. The van der Waals surface area contributed by atoms with Gasteiger partial charge in [0.05, 0.1) is 12.1 Å². The third kappa shape index (κ3) is 3.06. The zero-order valence-electron chi connectivity index (χ0n) is 10.7. The molecule has 3 heteroatoms. The largest absolute Gasteiger partial charge is 0.461 e. The number of ether oxygens (including phenoxy) is 1. The molecule has 0 fully saturated rings. The summed E-state index contributed by atoms with van der Waals surface area (Å²) in [6.07, 6.45) is 0.874. The monoisotopic (exact) mass is 243 g/mol. The van der Waals surface area contributed by atoms with Gasteiger partial charge in [0.25, 0.3) is 0 Å². The molecule has 0 spiro atoms. The number of carbonyl (C=O) groups excluding carboxylic acids is 1. The number of fused-ring (bicyclic) bond motifs is 1. The lowest BCUT2D eigenvalue weighted by molar-refractivity contribution is 0.0481. The van der Waals surface area contributed by atoms with Crippen LogP contribution in [0.3, 0.4) is 0 Å². The topological polar surface area (TPSA) is 39.2 Å². The Morgan fingerprint density at radius 2 is 2.00 bits per heavy atom. The van der Waals surface area contributed by atoms with Gasteiger partial charge < -0.3 is 4.74 Å². The molecule has 1 aromatic carbocycles. The first-order valence-electron chi connectivity index (χ1n) is 6.20. The Hall–Kier alpha value is -1.90. The highest BCUT2D eigenvalue weighted by Gasteiger charge is 2.09. The van der Waals surface area contributed by atoms with Crippen LogP contribution in [0, 0.1) is 5.92 Å². The Morgan fingerprint density at radius 1 is 1.22 bits per heavy atom. The lowest BCUT2D eigenvalue weighted by Gasteiger charge is -2.06. The van der Waals surface area contributed by atoms with Crippen LogP contribution in [0.15, 0.2) is 36.4 Å². The van der Waals surface area contributed by atoms with Crippen molar-refractivity contribution in [3.63, 3.8) is 0 Å². The number of para-hydroxylation sites is 1. The van der Waals surface area contributed by atoms with E-state index in [2.05, 4.69) is 18.8 Å². The van der Waals surface area contributed by atoms with Gasteiger partial charge in [0.2, 0.25) is 0 Å². The first-order valence-corrected chi connectivity index (χ1v) is 6.20. The van der Waals surface area contributed by atoms with Gasteiger partial charge in [0.15, 0.2) is 0 Å². The Labute approximate surface area is 107 Å². The number of pyridine rings is 1. The summed E-state index contributed by atoms with van der Waals surface area (Å²) in [5.74, 6) is 0.184. The fourth-order valence-electron chi connectivity index (χ4n) is 1.64. The van der Waals surface area contributed by atoms with Crippen molar-refractivity contribution in [1.82, 2.24) is 4.98 Å². The molecule has 0 saturated carbocycles. The van der Waals surface area contributed by atoms with E-state index in [4.69, 9.17) is 4.74 Å². The normalized spacial score (nSPS) is 10.8. The van der Waals surface area contributed by atoms with E-state index in [1.807, 2.05) is 30.3 Å². The quantitative estimate of drug-likeness (QED) is 0.772. The van der Waals surface area contributed by atoms with Crippen LogP contribution >= 0.6 is 0 Å². The maximum atomic E-state index is 11.8. The summed E-state index contributed by atoms with van der Waals surface area (Å²) < 4.78 is 5.19. The molecule has 0 atom stereocenters. The zero-order valence-corrected chi connectivity index (χ0v) is 10.7. The Bertz CT molecular complexity index is 549. The Morgan fingerprint density at radius 3 is 2.78 bits per heavy atom. The van der Waals surface area contributed by atoms with Crippen molar-refractivity contribution < 1.29 is 9.53 Å². The average Bonchev–Trinajstić information content (AvgIpc) is 2.37. The predicted octanol–water partition coefficient (Wildman–Crippen LogP) is 3.44. The molecule has 3 nitrogen and oxygen atoms in total. The fourth-order valence-corrected chi connectivity index (χ4v) is 1.64. The van der Waals surface area contributed by atoms with E-state index in [1.165, 1.54) is 0 Å². The van der Waals surface area contributed by atoms with E-state index in [0.29, 0.717) is 18.2 Å². The molecule has 0 aliphatic heterocycles. The molecule has 18 heavy (non-hydrogen) atoms. The predicted molar refractivity (Wildman–Crippen MR) is 71.5 cm³/mol. The van der Waals surface area contributed by atoms with Gasteiger partial charge in [-0.05, 0) is 24.5 Å². The van der Waals surface area contributed by atoms with Crippen LogP contribution < -0.4 is 0 Å². The van der Waals surface area contributed by atoms with Gasteiger partial charge in [0.1, 0.15) is 5.69 Å². The van der Waals surface area contributed by atoms with Gasteiger partial charge in [-0.25, -0.2) is 9.78 Å². The molecular weight excluding hydrogens is 226 g/mol. The second-order valence-corrected chi connectivity index (χ2v) is 4.71. The number of aromatic nitrogens is 1. The number of benzene rings is 1. The molecule has 94 valence electrons. The molecule has 1 heterocycles. The number of hydrogen-bond acceptors (Lipinski definition) is 3. The van der Waals surface area contributed by atoms with Crippen molar-refractivity contribution in [2.24, 2.45) is 5.92 Å². The van der Waals surface area contributed by atoms with Gasteiger partial charge in [-0.15, -0.1) is 0 Å². The number of esters is 1. The average molecular weight is 243 g/mol. The van der Waals surface area contributed by atoms with Crippen LogP contribution in [0.4, 0.5) is 0 Å². The summed E-state index contributed by atoms with van der Waals surface area (Å²) in [5, 5.41) is 1.02. The van der Waals surface area contributed by atoms with Gasteiger partial charge in [-0.3, -0.25) is 0 Å². The number of rotatable bonds is 4. The van der Waals surface area contributed by atoms with Crippen molar-refractivity contribution in [2.45, 2.75) is 20.3 Å². The van der Waals surface area contributed by atoms with E-state index in [0.717, 1.165) is 17.3 Å². The molecule has 0 bridgehead atoms. The first-order chi connectivity index (χ1) is 8.66. The highest BCUT2D eigenvalue weighted by atomic mass is 16.5. The number of hydrogen-bond donors (Lipinski definition) is 0. The second-order valence-electron chi connectivity index (χ2n) is 4.71. The minimum atomic E-state index is -0.346. The maximum absolute atomic E-state index is 11.8. The molecule has 0 saturated heterocycles. The second kappa shape index (κ2) is 5.63. The van der Waals surface area contributed by atoms with Gasteiger partial charge >= 0.3 is 5.97 Å². The van der Waals surface area contributed by atoms with Crippen molar-refractivity contribution in [3.05, 3.63) is 42.1 Å². The van der Waals surface area contributed by atoms with Crippen molar-refractivity contribution >= 4 is 16.9 Å². The number of nitrogens with zero attached hydrogens (tertiary/aromatic N) is 1. The van der Waals surface area contributed by atoms with E-state index in [9.17, 15) is 4.79 Å². The van der Waals surface area contributed by atoms with E-state index < -0.39 is 0 Å². The highest BCUT2D eigenvalue weighted by Crippen LogP contribution is 2.12. The minimum absolute atomic E-state index is 0.346. The van der Waals surface area contributed by atoms with Crippen LogP contribution in [0.25, 0.3) is 10.9 Å². The molecular formula is C15H17NO2. The van der Waals surface area contributed by atoms with Crippen LogP contribution in [0.5, 0.6) is 0 Å². The van der Waals surface area contributed by atoms with E-state index >= 15 is 0 Å². The fraction of sp³-hybridized carbons (Fsp3) is 0.333.